The van der Waals surface area contributed by atoms with Crippen molar-refractivity contribution in [2.45, 2.75) is 32.0 Å². The molecule has 0 saturated heterocycles. The molecule has 0 radical (unpaired) electrons. The fourth-order valence-electron chi connectivity index (χ4n) is 3.08. The lowest BCUT2D eigenvalue weighted by Crippen LogP contribution is -2.27. The molecule has 3 rings (SSSR count). The number of carboxylic acids is 1. The number of aromatic hydroxyl groups is 2. The maximum absolute atomic E-state index is 10.8. The third-order valence-electron chi connectivity index (χ3n) is 3.90. The average Bonchev–Trinajstić information content (AvgIpc) is 2.36. The lowest BCUT2D eigenvalue weighted by atomic mass is 9.89. The van der Waals surface area contributed by atoms with E-state index in [1.54, 1.807) is 19.1 Å². The van der Waals surface area contributed by atoms with Gasteiger partial charge in [0.2, 0.25) is 0 Å². The van der Waals surface area contributed by atoms with Crippen molar-refractivity contribution < 1.29 is 24.9 Å². The normalized spacial score (nSPS) is 21.2. The number of ether oxygens (including phenoxy) is 1. The van der Waals surface area contributed by atoms with Gasteiger partial charge in [-0.05, 0) is 30.4 Å². The second-order valence-corrected chi connectivity index (χ2v) is 5.38. The summed E-state index contributed by atoms with van der Waals surface area (Å²) in [6.07, 6.45) is -0.449. The SMILES string of the molecule is C[C@H]1O[C@H](CC(=O)O)Cc2cc3cccc(O)c3c(O)c21. The fraction of sp³-hybridized carbons (Fsp3) is 0.312. The second kappa shape index (κ2) is 4.93. The van der Waals surface area contributed by atoms with E-state index >= 15 is 0 Å². The third-order valence-corrected chi connectivity index (χ3v) is 3.90. The molecular weight excluding hydrogens is 272 g/mol. The third kappa shape index (κ3) is 2.29. The van der Waals surface area contributed by atoms with Crippen LogP contribution in [0.3, 0.4) is 0 Å². The number of phenols is 2. The molecule has 5 nitrogen and oxygen atoms in total. The number of fused-ring (bicyclic) bond motifs is 2. The predicted molar refractivity (Wildman–Crippen MR) is 76.5 cm³/mol. The zero-order valence-corrected chi connectivity index (χ0v) is 11.5. The van der Waals surface area contributed by atoms with Gasteiger partial charge in [0.15, 0.2) is 0 Å². The molecule has 5 heteroatoms. The van der Waals surface area contributed by atoms with Gasteiger partial charge >= 0.3 is 5.97 Å². The van der Waals surface area contributed by atoms with E-state index in [2.05, 4.69) is 0 Å². The van der Waals surface area contributed by atoms with Crippen molar-refractivity contribution in [2.75, 3.05) is 0 Å². The highest BCUT2D eigenvalue weighted by Crippen LogP contribution is 2.44. The molecule has 2 aromatic carbocycles. The van der Waals surface area contributed by atoms with Crippen LogP contribution in [0.1, 0.15) is 30.6 Å². The maximum atomic E-state index is 10.8. The summed E-state index contributed by atoms with van der Waals surface area (Å²) >= 11 is 0. The summed E-state index contributed by atoms with van der Waals surface area (Å²) in [5, 5.41) is 30.4. The van der Waals surface area contributed by atoms with Gasteiger partial charge in [-0.3, -0.25) is 4.79 Å². The predicted octanol–water partition coefficient (Wildman–Crippen LogP) is 2.73. The van der Waals surface area contributed by atoms with E-state index < -0.39 is 18.2 Å². The van der Waals surface area contributed by atoms with Crippen LogP contribution in [-0.4, -0.2) is 27.4 Å². The molecule has 0 aromatic heterocycles. The molecule has 0 fully saturated rings. The Labute approximate surface area is 121 Å². The number of rotatable bonds is 2. The van der Waals surface area contributed by atoms with Gasteiger partial charge < -0.3 is 20.1 Å². The van der Waals surface area contributed by atoms with Crippen molar-refractivity contribution >= 4 is 16.7 Å². The first kappa shape index (κ1) is 13.7. The molecule has 0 spiro atoms. The van der Waals surface area contributed by atoms with E-state index in [0.717, 1.165) is 10.9 Å². The van der Waals surface area contributed by atoms with Crippen LogP contribution >= 0.6 is 0 Å². The summed E-state index contributed by atoms with van der Waals surface area (Å²) in [5.74, 6) is -0.868. The molecule has 0 saturated carbocycles. The molecular formula is C16H16O5. The van der Waals surface area contributed by atoms with Crippen molar-refractivity contribution in [1.29, 1.82) is 0 Å². The summed E-state index contributed by atoms with van der Waals surface area (Å²) in [7, 11) is 0. The van der Waals surface area contributed by atoms with Crippen molar-refractivity contribution in [3.63, 3.8) is 0 Å². The first-order valence-electron chi connectivity index (χ1n) is 6.81. The van der Waals surface area contributed by atoms with E-state index in [-0.39, 0.29) is 17.9 Å². The Morgan fingerprint density at radius 2 is 2.14 bits per heavy atom. The summed E-state index contributed by atoms with van der Waals surface area (Å²) in [6.45, 7) is 1.78. The standard InChI is InChI=1S/C16H16O5/c1-8-14-10(6-11(21-8)7-13(18)19)5-9-3-2-4-12(17)15(9)16(14)20/h2-5,8,11,17,20H,6-7H2,1H3,(H,18,19)/t8-,11+/m1/s1. The Hall–Kier alpha value is -2.27. The summed E-state index contributed by atoms with van der Waals surface area (Å²) in [4.78, 5) is 10.8. The molecule has 1 heterocycles. The Bertz CT molecular complexity index is 722. The quantitative estimate of drug-likeness (QED) is 0.791. The van der Waals surface area contributed by atoms with E-state index in [1.165, 1.54) is 6.07 Å². The van der Waals surface area contributed by atoms with Gasteiger partial charge in [0.05, 0.1) is 24.0 Å². The number of carbonyl (C=O) groups is 1. The molecule has 0 bridgehead atoms. The highest BCUT2D eigenvalue weighted by Gasteiger charge is 2.30. The van der Waals surface area contributed by atoms with Crippen molar-refractivity contribution in [1.82, 2.24) is 0 Å². The van der Waals surface area contributed by atoms with Gasteiger partial charge in [-0.1, -0.05) is 18.2 Å². The maximum Gasteiger partial charge on any atom is 0.305 e. The first-order chi connectivity index (χ1) is 9.97. The minimum atomic E-state index is -0.904. The number of benzene rings is 2. The van der Waals surface area contributed by atoms with Crippen molar-refractivity contribution in [2.24, 2.45) is 0 Å². The van der Waals surface area contributed by atoms with Gasteiger partial charge in [0, 0.05) is 5.56 Å². The molecule has 0 unspecified atom stereocenters. The zero-order chi connectivity index (χ0) is 15.1. The topological polar surface area (TPSA) is 87.0 Å². The molecule has 2 atom stereocenters. The van der Waals surface area contributed by atoms with Crippen LogP contribution in [0, 0.1) is 0 Å². The number of hydrogen-bond donors (Lipinski definition) is 3. The molecule has 110 valence electrons. The van der Waals surface area contributed by atoms with Crippen LogP contribution < -0.4 is 0 Å². The highest BCUT2D eigenvalue weighted by atomic mass is 16.5. The van der Waals surface area contributed by atoms with Gasteiger partial charge in [-0.25, -0.2) is 0 Å². The molecule has 21 heavy (non-hydrogen) atoms. The lowest BCUT2D eigenvalue weighted by Gasteiger charge is -2.30. The lowest BCUT2D eigenvalue weighted by molar-refractivity contribution is -0.141. The van der Waals surface area contributed by atoms with Crippen LogP contribution in [0.2, 0.25) is 0 Å². The van der Waals surface area contributed by atoms with Gasteiger partial charge in [0.25, 0.3) is 0 Å². The van der Waals surface area contributed by atoms with E-state index in [0.29, 0.717) is 17.4 Å². The summed E-state index contributed by atoms with van der Waals surface area (Å²) < 4.78 is 5.67. The summed E-state index contributed by atoms with van der Waals surface area (Å²) in [5.41, 5.74) is 1.50. The smallest absolute Gasteiger partial charge is 0.305 e. The zero-order valence-electron chi connectivity index (χ0n) is 11.5. The van der Waals surface area contributed by atoms with Gasteiger partial charge in [-0.2, -0.15) is 0 Å². The number of hydrogen-bond acceptors (Lipinski definition) is 4. The molecule has 3 N–H and O–H groups in total. The largest absolute Gasteiger partial charge is 0.507 e. The van der Waals surface area contributed by atoms with Crippen molar-refractivity contribution in [3.05, 3.63) is 35.4 Å². The van der Waals surface area contributed by atoms with E-state index in [4.69, 9.17) is 9.84 Å². The minimum absolute atomic E-state index is 0.0156. The van der Waals surface area contributed by atoms with Crippen molar-refractivity contribution in [3.8, 4) is 11.5 Å². The Balaban J connectivity index is 2.14. The monoisotopic (exact) mass is 288 g/mol. The molecule has 0 amide bonds. The van der Waals surface area contributed by atoms with Crippen LogP contribution in [0.4, 0.5) is 0 Å². The van der Waals surface area contributed by atoms with E-state index in [1.807, 2.05) is 6.07 Å². The Morgan fingerprint density at radius 3 is 2.86 bits per heavy atom. The van der Waals surface area contributed by atoms with Gasteiger partial charge in [-0.15, -0.1) is 0 Å². The second-order valence-electron chi connectivity index (χ2n) is 5.38. The Morgan fingerprint density at radius 1 is 1.38 bits per heavy atom. The minimum Gasteiger partial charge on any atom is -0.507 e. The first-order valence-corrected chi connectivity index (χ1v) is 6.81. The van der Waals surface area contributed by atoms with Crippen LogP contribution in [0.15, 0.2) is 24.3 Å². The molecule has 1 aliphatic heterocycles. The summed E-state index contributed by atoms with van der Waals surface area (Å²) in [6, 6.07) is 6.93. The van der Waals surface area contributed by atoms with Crippen LogP contribution in [0.5, 0.6) is 11.5 Å². The highest BCUT2D eigenvalue weighted by molar-refractivity contribution is 5.95. The van der Waals surface area contributed by atoms with E-state index in [9.17, 15) is 15.0 Å². The average molecular weight is 288 g/mol. The van der Waals surface area contributed by atoms with Crippen LogP contribution in [-0.2, 0) is 16.0 Å². The molecule has 2 aromatic rings. The van der Waals surface area contributed by atoms with Gasteiger partial charge in [0.1, 0.15) is 11.5 Å². The number of carboxylic acid groups (broad SMARTS) is 1. The Kier molecular flexibility index (Phi) is 3.22. The fourth-order valence-corrected chi connectivity index (χ4v) is 3.08. The molecule has 0 aliphatic carbocycles. The number of phenolic OH excluding ortho intramolecular Hbond substituents is 2. The van der Waals surface area contributed by atoms with Crippen LogP contribution in [0.25, 0.3) is 10.8 Å². The number of aliphatic carboxylic acids is 1. The molecule has 1 aliphatic rings.